The van der Waals surface area contributed by atoms with Crippen molar-refractivity contribution < 1.29 is 0 Å². The Bertz CT molecular complexity index is 530. The minimum absolute atomic E-state index is 0.664. The molecule has 90 valence electrons. The quantitative estimate of drug-likeness (QED) is 0.842. The fourth-order valence-corrected chi connectivity index (χ4v) is 1.61. The van der Waals surface area contributed by atoms with Crippen LogP contribution in [-0.2, 0) is 13.6 Å². The summed E-state index contributed by atoms with van der Waals surface area (Å²) in [7, 11) is 1.93. The lowest BCUT2D eigenvalue weighted by atomic mass is 10.2. The summed E-state index contributed by atoms with van der Waals surface area (Å²) in [5.41, 5.74) is 9.75. The van der Waals surface area contributed by atoms with E-state index in [0.29, 0.717) is 12.2 Å². The average molecular weight is 231 g/mol. The molecule has 0 unspecified atom stereocenters. The minimum atomic E-state index is 0.664. The summed E-state index contributed by atoms with van der Waals surface area (Å²) >= 11 is 0. The molecule has 0 aliphatic carbocycles. The molecule has 2 rings (SSSR count). The normalized spacial score (nSPS) is 10.5. The zero-order valence-corrected chi connectivity index (χ0v) is 10.4. The lowest BCUT2D eigenvalue weighted by Crippen LogP contribution is -2.06. The van der Waals surface area contributed by atoms with Crippen molar-refractivity contribution in [3.63, 3.8) is 0 Å². The van der Waals surface area contributed by atoms with E-state index in [-0.39, 0.29) is 0 Å². The smallest absolute Gasteiger partial charge is 0.149 e. The van der Waals surface area contributed by atoms with E-state index in [1.165, 1.54) is 0 Å². The van der Waals surface area contributed by atoms with Gasteiger partial charge < -0.3 is 11.1 Å². The second kappa shape index (κ2) is 4.45. The van der Waals surface area contributed by atoms with Crippen LogP contribution < -0.4 is 11.1 Å². The summed E-state index contributed by atoms with van der Waals surface area (Å²) in [5.74, 6) is 0.730. The number of hydrogen-bond acceptors (Lipinski definition) is 4. The third-order valence-corrected chi connectivity index (χ3v) is 2.85. The number of anilines is 2. The number of nitrogens with one attached hydrogen (secondary N) is 1. The molecule has 0 amide bonds. The lowest BCUT2D eigenvalue weighted by molar-refractivity contribution is 0.738. The van der Waals surface area contributed by atoms with Crippen LogP contribution in [-0.4, -0.2) is 14.8 Å². The average Bonchev–Trinajstić information content (AvgIpc) is 2.62. The molecule has 5 heteroatoms. The van der Waals surface area contributed by atoms with E-state index in [9.17, 15) is 0 Å². The van der Waals surface area contributed by atoms with Crippen LogP contribution in [0.2, 0.25) is 0 Å². The largest absolute Gasteiger partial charge is 0.396 e. The van der Waals surface area contributed by atoms with Crippen molar-refractivity contribution in [3.8, 4) is 0 Å². The Labute approximate surface area is 101 Å². The second-order valence-electron chi connectivity index (χ2n) is 4.12. The van der Waals surface area contributed by atoms with Gasteiger partial charge in [-0.05, 0) is 26.0 Å². The standard InChI is InChI=1S/C12H17N5/c1-8-4-5-11(13)12(16-8)14-6-10-7-15-17(3)9(10)2/h4-5,7H,6,13H2,1-3H3,(H,14,16). The Morgan fingerprint density at radius 3 is 2.76 bits per heavy atom. The van der Waals surface area contributed by atoms with Gasteiger partial charge in [-0.15, -0.1) is 0 Å². The van der Waals surface area contributed by atoms with Gasteiger partial charge in [-0.25, -0.2) is 4.98 Å². The van der Waals surface area contributed by atoms with Gasteiger partial charge in [-0.3, -0.25) is 4.68 Å². The number of pyridine rings is 1. The number of nitrogen functional groups attached to an aromatic ring is 1. The van der Waals surface area contributed by atoms with Crippen LogP contribution in [0.25, 0.3) is 0 Å². The van der Waals surface area contributed by atoms with Crippen LogP contribution in [0.3, 0.4) is 0 Å². The molecule has 2 aromatic heterocycles. The zero-order chi connectivity index (χ0) is 12.4. The van der Waals surface area contributed by atoms with E-state index in [2.05, 4.69) is 15.4 Å². The van der Waals surface area contributed by atoms with Crippen LogP contribution in [0.4, 0.5) is 11.5 Å². The van der Waals surface area contributed by atoms with E-state index >= 15 is 0 Å². The Hall–Kier alpha value is -2.04. The number of aryl methyl sites for hydroxylation is 2. The van der Waals surface area contributed by atoms with E-state index in [0.717, 1.165) is 22.8 Å². The summed E-state index contributed by atoms with van der Waals surface area (Å²) in [6.07, 6.45) is 1.86. The van der Waals surface area contributed by atoms with Crippen molar-refractivity contribution in [2.75, 3.05) is 11.1 Å². The van der Waals surface area contributed by atoms with Gasteiger partial charge in [-0.1, -0.05) is 0 Å². The molecule has 0 radical (unpaired) electrons. The molecule has 17 heavy (non-hydrogen) atoms. The molecule has 0 aliphatic rings. The molecule has 2 heterocycles. The number of hydrogen-bond donors (Lipinski definition) is 2. The Morgan fingerprint density at radius 2 is 2.12 bits per heavy atom. The summed E-state index contributed by atoms with van der Waals surface area (Å²) in [4.78, 5) is 4.36. The molecule has 0 saturated heterocycles. The maximum absolute atomic E-state index is 5.85. The maximum atomic E-state index is 5.85. The molecule has 0 spiro atoms. The first kappa shape index (κ1) is 11.4. The first-order chi connectivity index (χ1) is 8.08. The highest BCUT2D eigenvalue weighted by Crippen LogP contribution is 2.17. The summed E-state index contributed by atoms with van der Waals surface area (Å²) < 4.78 is 1.85. The van der Waals surface area contributed by atoms with Gasteiger partial charge in [0.1, 0.15) is 5.82 Å². The molecule has 0 aliphatic heterocycles. The van der Waals surface area contributed by atoms with Crippen molar-refractivity contribution in [2.45, 2.75) is 20.4 Å². The SMILES string of the molecule is Cc1ccc(N)c(NCc2cnn(C)c2C)n1. The van der Waals surface area contributed by atoms with Crippen LogP contribution in [0, 0.1) is 13.8 Å². The summed E-state index contributed by atoms with van der Waals surface area (Å²) in [6, 6.07) is 3.76. The zero-order valence-electron chi connectivity index (χ0n) is 10.4. The van der Waals surface area contributed by atoms with Crippen molar-refractivity contribution in [1.82, 2.24) is 14.8 Å². The monoisotopic (exact) mass is 231 g/mol. The molecule has 2 aromatic rings. The third kappa shape index (κ3) is 2.38. The molecular weight excluding hydrogens is 214 g/mol. The van der Waals surface area contributed by atoms with E-state index < -0.39 is 0 Å². The first-order valence-corrected chi connectivity index (χ1v) is 5.52. The van der Waals surface area contributed by atoms with Gasteiger partial charge in [0.2, 0.25) is 0 Å². The van der Waals surface area contributed by atoms with E-state index in [1.807, 2.05) is 43.9 Å². The number of aromatic nitrogens is 3. The highest BCUT2D eigenvalue weighted by Gasteiger charge is 2.05. The van der Waals surface area contributed by atoms with Crippen molar-refractivity contribution >= 4 is 11.5 Å². The van der Waals surface area contributed by atoms with Crippen LogP contribution in [0.1, 0.15) is 17.0 Å². The highest BCUT2D eigenvalue weighted by molar-refractivity contribution is 5.61. The molecule has 0 aromatic carbocycles. The summed E-state index contributed by atoms with van der Waals surface area (Å²) in [6.45, 7) is 4.66. The van der Waals surface area contributed by atoms with Gasteiger partial charge in [0.15, 0.2) is 0 Å². The Kier molecular flexibility index (Phi) is 2.99. The summed E-state index contributed by atoms with van der Waals surface area (Å²) in [5, 5.41) is 7.43. The van der Waals surface area contributed by atoms with Crippen molar-refractivity contribution in [3.05, 3.63) is 35.3 Å². The van der Waals surface area contributed by atoms with Gasteiger partial charge in [0.25, 0.3) is 0 Å². The Morgan fingerprint density at radius 1 is 1.35 bits per heavy atom. The van der Waals surface area contributed by atoms with Crippen molar-refractivity contribution in [1.29, 1.82) is 0 Å². The minimum Gasteiger partial charge on any atom is -0.396 e. The topological polar surface area (TPSA) is 68.8 Å². The van der Waals surface area contributed by atoms with Gasteiger partial charge >= 0.3 is 0 Å². The van der Waals surface area contributed by atoms with Gasteiger partial charge in [0.05, 0.1) is 11.9 Å². The fraction of sp³-hybridized carbons (Fsp3) is 0.333. The predicted octanol–water partition coefficient (Wildman–Crippen LogP) is 1.63. The molecule has 0 fully saturated rings. The highest BCUT2D eigenvalue weighted by atomic mass is 15.3. The predicted molar refractivity (Wildman–Crippen MR) is 68.7 cm³/mol. The van der Waals surface area contributed by atoms with Gasteiger partial charge in [0, 0.05) is 30.5 Å². The fourth-order valence-electron chi connectivity index (χ4n) is 1.61. The molecule has 5 nitrogen and oxygen atoms in total. The van der Waals surface area contributed by atoms with Gasteiger partial charge in [-0.2, -0.15) is 5.10 Å². The molecule has 3 N–H and O–H groups in total. The first-order valence-electron chi connectivity index (χ1n) is 5.52. The number of nitrogens with two attached hydrogens (primary N) is 1. The molecule has 0 bridgehead atoms. The third-order valence-electron chi connectivity index (χ3n) is 2.85. The molecule has 0 atom stereocenters. The van der Waals surface area contributed by atoms with Crippen LogP contribution in [0.15, 0.2) is 18.3 Å². The molecule has 0 saturated carbocycles. The Balaban J connectivity index is 2.12. The van der Waals surface area contributed by atoms with E-state index in [4.69, 9.17) is 5.73 Å². The second-order valence-corrected chi connectivity index (χ2v) is 4.12. The maximum Gasteiger partial charge on any atom is 0.149 e. The number of nitrogens with zero attached hydrogens (tertiary/aromatic N) is 3. The molecular formula is C12H17N5. The van der Waals surface area contributed by atoms with Crippen molar-refractivity contribution in [2.24, 2.45) is 7.05 Å². The number of rotatable bonds is 3. The lowest BCUT2D eigenvalue weighted by Gasteiger charge is -2.08. The van der Waals surface area contributed by atoms with Crippen LogP contribution in [0.5, 0.6) is 0 Å². The van der Waals surface area contributed by atoms with E-state index in [1.54, 1.807) is 0 Å². The van der Waals surface area contributed by atoms with Crippen LogP contribution >= 0.6 is 0 Å².